The molecule has 5 heterocycles. The molecule has 6 aromatic rings. The molecular weight excluding hydrogens is 1200 g/mol. The van der Waals surface area contributed by atoms with Crippen LogP contribution in [0, 0.1) is 6.92 Å². The minimum absolute atomic E-state index is 0.00564. The van der Waals surface area contributed by atoms with Gasteiger partial charge in [0.2, 0.25) is 27.5 Å². The molecule has 22 heteroatoms. The lowest BCUT2D eigenvalue weighted by atomic mass is 9.79. The summed E-state index contributed by atoms with van der Waals surface area (Å²) in [6.45, 7) is 17.7. The van der Waals surface area contributed by atoms with E-state index in [1.807, 2.05) is 87.8 Å². The van der Waals surface area contributed by atoms with E-state index in [-0.39, 0.29) is 54.1 Å². The molecule has 3 aliphatic rings. The number of rotatable bonds is 27. The Labute approximate surface area is 530 Å². The van der Waals surface area contributed by atoms with Gasteiger partial charge in [-0.2, -0.15) is 13.0 Å². The largest absolute Gasteiger partial charge is 0.748 e. The molecule has 0 spiro atoms. The zero-order chi connectivity index (χ0) is 64.9. The van der Waals surface area contributed by atoms with Gasteiger partial charge in [0.15, 0.2) is 5.71 Å². The van der Waals surface area contributed by atoms with Crippen LogP contribution < -0.4 is 20.9 Å². The zero-order valence-electron chi connectivity index (χ0n) is 53.1. The summed E-state index contributed by atoms with van der Waals surface area (Å²) in [4.78, 5) is 42.1. The summed E-state index contributed by atoms with van der Waals surface area (Å²) in [5.41, 5.74) is 7.76. The Morgan fingerprint density at radius 1 is 0.878 bits per heavy atom. The van der Waals surface area contributed by atoms with Gasteiger partial charge in [0.25, 0.3) is 10.1 Å². The number of aryl methyl sites for hydroxylation is 3. The fourth-order valence-corrected chi connectivity index (χ4v) is 15.4. The number of pyridine rings is 1. The Kier molecular flexibility index (Phi) is 20.7. The van der Waals surface area contributed by atoms with Crippen molar-refractivity contribution in [2.24, 2.45) is 0 Å². The van der Waals surface area contributed by atoms with Crippen LogP contribution in [0.4, 0.5) is 17.2 Å². The van der Waals surface area contributed by atoms with Crippen molar-refractivity contribution in [1.82, 2.24) is 29.9 Å². The van der Waals surface area contributed by atoms with Gasteiger partial charge in [0, 0.05) is 104 Å². The third kappa shape index (κ3) is 14.9. The van der Waals surface area contributed by atoms with Crippen LogP contribution in [0.25, 0.3) is 21.5 Å². The van der Waals surface area contributed by atoms with Crippen molar-refractivity contribution in [2.75, 3.05) is 49.2 Å². The number of nitrogens with zero attached hydrogens (tertiary/aromatic N) is 6. The summed E-state index contributed by atoms with van der Waals surface area (Å²) in [6, 6.07) is 18.4. The number of aromatic nitrogens is 3. The number of allylic oxidation sites excluding steroid dienone is 6. The number of hydrogen-bond donors (Lipinski definition) is 4. The Bertz CT molecular complexity index is 4200. The fourth-order valence-electron chi connectivity index (χ4n) is 13.0. The summed E-state index contributed by atoms with van der Waals surface area (Å²) < 4.78 is 103. The lowest BCUT2D eigenvalue weighted by molar-refractivity contribution is -0.437. The monoisotopic (exact) mass is 1280 g/mol. The molecule has 0 bridgehead atoms. The highest BCUT2D eigenvalue weighted by Crippen LogP contribution is 2.51. The molecule has 19 nitrogen and oxygen atoms in total. The molecule has 0 saturated heterocycles. The van der Waals surface area contributed by atoms with Crippen molar-refractivity contribution in [3.05, 3.63) is 155 Å². The number of hydrogen-bond acceptors (Lipinski definition) is 14. The molecule has 0 saturated carbocycles. The summed E-state index contributed by atoms with van der Waals surface area (Å²) in [6.07, 6.45) is 22.4. The summed E-state index contributed by atoms with van der Waals surface area (Å²) >= 11 is 0. The van der Waals surface area contributed by atoms with Crippen LogP contribution in [0.1, 0.15) is 152 Å². The Morgan fingerprint density at radius 3 is 2.36 bits per heavy atom. The molecule has 90 heavy (non-hydrogen) atoms. The van der Waals surface area contributed by atoms with Crippen LogP contribution in [0.3, 0.4) is 0 Å². The summed E-state index contributed by atoms with van der Waals surface area (Å²) in [7, 11) is -11.7. The second-order valence-corrected chi connectivity index (χ2v) is 30.1. The highest BCUT2D eigenvalue weighted by Gasteiger charge is 2.46. The van der Waals surface area contributed by atoms with Gasteiger partial charge in [0.1, 0.15) is 24.2 Å². The Hall–Kier alpha value is -7.21. The third-order valence-corrected chi connectivity index (χ3v) is 21.3. The van der Waals surface area contributed by atoms with Gasteiger partial charge in [-0.3, -0.25) is 14.1 Å². The molecule has 0 fully saturated rings. The molecule has 2 amide bonds. The van der Waals surface area contributed by atoms with Gasteiger partial charge in [-0.05, 0) is 153 Å². The number of nitrogens with one attached hydrogen (secondary N) is 3. The van der Waals surface area contributed by atoms with Crippen molar-refractivity contribution in [1.29, 1.82) is 0 Å². The van der Waals surface area contributed by atoms with Crippen LogP contribution in [-0.2, 0) is 70.1 Å². The number of carbonyl (C=O) groups is 2. The fraction of sp³-hybridized carbons (Fsp3) is 0.441. The maximum absolute atomic E-state index is 14.5. The molecule has 2 atom stereocenters. The maximum Gasteiger partial charge on any atom is 0.294 e. The first-order valence-electron chi connectivity index (χ1n) is 31.2. The second-order valence-electron chi connectivity index (χ2n) is 25.1. The van der Waals surface area contributed by atoms with Crippen molar-refractivity contribution in [3.8, 4) is 0 Å². The van der Waals surface area contributed by atoms with Crippen LogP contribution in [0.15, 0.2) is 125 Å². The van der Waals surface area contributed by atoms with Crippen LogP contribution in [-0.4, -0.2) is 121 Å². The zero-order valence-corrected chi connectivity index (χ0v) is 55.5. The van der Waals surface area contributed by atoms with E-state index in [1.54, 1.807) is 36.1 Å². The average molecular weight is 1280 g/mol. The van der Waals surface area contributed by atoms with E-state index in [9.17, 15) is 43.9 Å². The Morgan fingerprint density at radius 2 is 1.62 bits per heavy atom. The normalized spacial score (nSPS) is 16.7. The number of amides is 2. The first kappa shape index (κ1) is 67.2. The maximum atomic E-state index is 14.5. The van der Waals surface area contributed by atoms with Crippen molar-refractivity contribution >= 4 is 86.5 Å². The van der Waals surface area contributed by atoms with Gasteiger partial charge in [0.05, 0.1) is 31.1 Å². The van der Waals surface area contributed by atoms with E-state index in [1.165, 1.54) is 23.5 Å². The number of unbranched alkanes of at least 4 members (excludes halogenated alkanes) is 3. The molecule has 4 aromatic carbocycles. The molecule has 480 valence electrons. The number of fused-ring (bicyclic) bond motifs is 7. The van der Waals surface area contributed by atoms with E-state index in [4.69, 9.17) is 4.98 Å². The van der Waals surface area contributed by atoms with E-state index >= 15 is 0 Å². The highest BCUT2D eigenvalue weighted by atomic mass is 32.2. The molecule has 0 aliphatic carbocycles. The van der Waals surface area contributed by atoms with Crippen LogP contribution >= 0.6 is 0 Å². The van der Waals surface area contributed by atoms with Gasteiger partial charge in [-0.15, -0.1) is 0 Å². The molecule has 2 aromatic heterocycles. The number of sulfonamides is 1. The van der Waals surface area contributed by atoms with Crippen molar-refractivity contribution in [3.63, 3.8) is 0 Å². The van der Waals surface area contributed by atoms with E-state index in [2.05, 4.69) is 64.3 Å². The van der Waals surface area contributed by atoms with Gasteiger partial charge in [-0.1, -0.05) is 89.5 Å². The lowest BCUT2D eigenvalue weighted by Gasteiger charge is -2.27. The molecule has 4 N–H and O–H groups in total. The second kappa shape index (κ2) is 27.7. The molecule has 1 unspecified atom stereocenters. The van der Waals surface area contributed by atoms with Gasteiger partial charge in [-0.25, -0.2) is 36.1 Å². The predicted molar refractivity (Wildman–Crippen MR) is 354 cm³/mol. The van der Waals surface area contributed by atoms with E-state index in [0.29, 0.717) is 40.0 Å². The predicted octanol–water partition coefficient (Wildman–Crippen LogP) is 10.7. The van der Waals surface area contributed by atoms with E-state index in [0.717, 1.165) is 126 Å². The van der Waals surface area contributed by atoms with Crippen molar-refractivity contribution in [2.45, 2.75) is 165 Å². The van der Waals surface area contributed by atoms with Gasteiger partial charge < -0.3 is 25.4 Å². The smallest absolute Gasteiger partial charge is 0.294 e. The molecule has 0 radical (unpaired) electrons. The standard InChI is InChI=1S/C68H85N9O10S3/c1-10-36-76-58-34-32-53-54(63(58)67(5,6)60(76)26-16-13-17-27-61-68(7,8)64-55-41-52(90(85,86)87)31-29-48(55)30-33-57(64)77(61)38-39-88(80,81)82)23-18-25-59(53)89(83,84)75(9)37-20-28-62(78)73-46(3)66(79)72-42-50-40-49-22-19-35-69-65(49)74-56(50)24-15-12-11-14-21-45(2)51-43-70-47(4)71-44-51/h13,16-18,23,25-27,29-34,40-41,43-46H,10-12,14-15,19-22,24,28,35-39,42H2,1-9H3,(H4-,69,72,73,74,78,79,80,81,82,85,86,87)/t45-,46?/m1/s1. The minimum Gasteiger partial charge on any atom is -0.748 e. The molecular formula is C68H85N9O10S3. The molecule has 9 rings (SSSR count). The highest BCUT2D eigenvalue weighted by molar-refractivity contribution is 7.89. The first-order chi connectivity index (χ1) is 42.6. The lowest BCUT2D eigenvalue weighted by Crippen LogP contribution is -2.44. The number of anilines is 2. The number of benzene rings is 4. The van der Waals surface area contributed by atoms with Gasteiger partial charge >= 0.3 is 0 Å². The van der Waals surface area contributed by atoms with Crippen LogP contribution in [0.2, 0.25) is 0 Å². The topological polar surface area (TPSA) is 264 Å². The third-order valence-electron chi connectivity index (χ3n) is 17.8. The number of carbonyl (C=O) groups excluding carboxylic acids is 2. The average Bonchev–Trinajstić information content (AvgIpc) is 1.55. The van der Waals surface area contributed by atoms with Crippen LogP contribution in [0.5, 0.6) is 0 Å². The first-order valence-corrected chi connectivity index (χ1v) is 35.7. The molecule has 3 aliphatic heterocycles. The van der Waals surface area contributed by atoms with Crippen molar-refractivity contribution < 1.29 is 48.5 Å². The summed E-state index contributed by atoms with van der Waals surface area (Å²) in [5, 5.41) is 11.9. The minimum atomic E-state index is -4.61. The van der Waals surface area contributed by atoms with E-state index < -0.39 is 52.9 Å². The quantitative estimate of drug-likeness (QED) is 0.0162. The Balaban J connectivity index is 0.820. The SMILES string of the molecule is CCC[N+]1=C(/C=C/C=C/C=C2/N(CCS(=O)(=O)[O-])c3ccc4ccc(S(=O)(=O)O)cc4c3C2(C)C)C(C)(C)c2c1ccc1c(S(=O)(=O)N(C)CCCC(=O)NC(C)C(=O)NCc3cc4c(nc3CCCCCC[C@@H](C)c3cnc(C)nc3)NCCC4)cccc21. The summed E-state index contributed by atoms with van der Waals surface area (Å²) in [5.74, 6) is 0.733.